The molecule has 3 nitrogen and oxygen atoms in total. The second-order valence-corrected chi connectivity index (χ2v) is 5.95. The van der Waals surface area contributed by atoms with E-state index in [4.69, 9.17) is 4.74 Å². The van der Waals surface area contributed by atoms with Gasteiger partial charge in [0.2, 0.25) is 0 Å². The Hall–Kier alpha value is -1.68. The minimum absolute atomic E-state index is 0.244. The normalized spacial score (nSPS) is 14.2. The average Bonchev–Trinajstić information content (AvgIpc) is 2.91. The summed E-state index contributed by atoms with van der Waals surface area (Å²) in [6.07, 6.45) is 3.50. The van der Waals surface area contributed by atoms with Gasteiger partial charge in [-0.05, 0) is 31.4 Å². The van der Waals surface area contributed by atoms with Crippen molar-refractivity contribution in [3.8, 4) is 16.3 Å². The number of thiazole rings is 1. The molecule has 0 saturated heterocycles. The highest BCUT2D eigenvalue weighted by atomic mass is 32.1. The molecule has 2 aromatic rings. The third-order valence-electron chi connectivity index (χ3n) is 3.32. The minimum Gasteiger partial charge on any atom is -0.494 e. The smallest absolute Gasteiger partial charge is 0.174 e. The molecule has 1 aromatic carbocycles. The summed E-state index contributed by atoms with van der Waals surface area (Å²) in [6, 6.07) is 7.96. The van der Waals surface area contributed by atoms with Crippen molar-refractivity contribution in [2.45, 2.75) is 32.6 Å². The first-order chi connectivity index (χ1) is 9.78. The van der Waals surface area contributed by atoms with Crippen molar-refractivity contribution >= 4 is 17.1 Å². The van der Waals surface area contributed by atoms with Gasteiger partial charge in [0.1, 0.15) is 10.8 Å². The summed E-state index contributed by atoms with van der Waals surface area (Å²) >= 11 is 1.51. The van der Waals surface area contributed by atoms with E-state index < -0.39 is 0 Å². The van der Waals surface area contributed by atoms with Crippen LogP contribution in [0.25, 0.3) is 10.6 Å². The van der Waals surface area contributed by atoms with E-state index in [1.54, 1.807) is 0 Å². The Morgan fingerprint density at radius 1 is 1.35 bits per heavy atom. The Bertz CT molecular complexity index is 633. The molecule has 0 atom stereocenters. The van der Waals surface area contributed by atoms with Crippen molar-refractivity contribution in [1.82, 2.24) is 4.98 Å². The molecule has 1 heterocycles. The fraction of sp³-hybridized carbons (Fsp3) is 0.375. The van der Waals surface area contributed by atoms with Crippen molar-refractivity contribution in [3.05, 3.63) is 34.8 Å². The van der Waals surface area contributed by atoms with Crippen molar-refractivity contribution in [2.24, 2.45) is 0 Å². The number of Topliss-reactive ketones (excluding diaryl/α,β-unsaturated/α-hetero) is 1. The number of carbonyl (C=O) groups excluding carboxylic acids is 1. The van der Waals surface area contributed by atoms with Gasteiger partial charge in [-0.25, -0.2) is 4.98 Å². The van der Waals surface area contributed by atoms with Gasteiger partial charge in [-0.1, -0.05) is 19.1 Å². The molecule has 0 amide bonds. The molecule has 0 aliphatic heterocycles. The van der Waals surface area contributed by atoms with Crippen LogP contribution in [0.4, 0.5) is 0 Å². The predicted octanol–water partition coefficient (Wildman–Crippen LogP) is 4.12. The standard InChI is InChI=1S/C16H17NO2S/c1-2-9-19-12-6-3-5-11(10-12)16-17-13-7-4-8-14(18)15(13)20-16/h3,5-6,10H,2,4,7-9H2,1H3. The second kappa shape index (κ2) is 5.75. The van der Waals surface area contributed by atoms with Crippen molar-refractivity contribution < 1.29 is 9.53 Å². The molecule has 0 N–H and O–H groups in total. The van der Waals surface area contributed by atoms with Crippen LogP contribution in [0.2, 0.25) is 0 Å². The van der Waals surface area contributed by atoms with Crippen LogP contribution in [-0.4, -0.2) is 17.4 Å². The third kappa shape index (κ3) is 2.61. The number of fused-ring (bicyclic) bond motifs is 1. The first kappa shape index (κ1) is 13.3. The van der Waals surface area contributed by atoms with E-state index in [0.717, 1.165) is 52.8 Å². The fourth-order valence-electron chi connectivity index (χ4n) is 2.33. The zero-order valence-electron chi connectivity index (χ0n) is 11.5. The van der Waals surface area contributed by atoms with Gasteiger partial charge < -0.3 is 4.74 Å². The number of aryl methyl sites for hydroxylation is 1. The number of rotatable bonds is 4. The molecule has 104 valence electrons. The van der Waals surface area contributed by atoms with Gasteiger partial charge in [0.05, 0.1) is 17.2 Å². The molecule has 3 rings (SSSR count). The Morgan fingerprint density at radius 2 is 2.25 bits per heavy atom. The van der Waals surface area contributed by atoms with Gasteiger partial charge in [0.25, 0.3) is 0 Å². The molecule has 0 bridgehead atoms. The predicted molar refractivity (Wildman–Crippen MR) is 80.6 cm³/mol. The lowest BCUT2D eigenvalue weighted by atomic mass is 10.0. The maximum absolute atomic E-state index is 11.9. The summed E-state index contributed by atoms with van der Waals surface area (Å²) in [5.74, 6) is 1.11. The van der Waals surface area contributed by atoms with Crippen LogP contribution in [0.3, 0.4) is 0 Å². The molecule has 1 aliphatic carbocycles. The van der Waals surface area contributed by atoms with Gasteiger partial charge >= 0.3 is 0 Å². The van der Waals surface area contributed by atoms with Crippen molar-refractivity contribution in [3.63, 3.8) is 0 Å². The number of carbonyl (C=O) groups is 1. The lowest BCUT2D eigenvalue weighted by molar-refractivity contribution is 0.0976. The van der Waals surface area contributed by atoms with E-state index in [-0.39, 0.29) is 5.78 Å². The van der Waals surface area contributed by atoms with E-state index in [9.17, 15) is 4.79 Å². The maximum atomic E-state index is 11.9. The van der Waals surface area contributed by atoms with E-state index in [0.29, 0.717) is 6.42 Å². The number of aromatic nitrogens is 1. The van der Waals surface area contributed by atoms with E-state index >= 15 is 0 Å². The van der Waals surface area contributed by atoms with Gasteiger partial charge in [-0.15, -0.1) is 11.3 Å². The molecule has 1 aliphatic rings. The molecule has 0 spiro atoms. The summed E-state index contributed by atoms with van der Waals surface area (Å²) in [4.78, 5) is 17.4. The number of ether oxygens (including phenoxy) is 1. The van der Waals surface area contributed by atoms with Crippen LogP contribution >= 0.6 is 11.3 Å². The van der Waals surface area contributed by atoms with Crippen LogP contribution in [-0.2, 0) is 6.42 Å². The summed E-state index contributed by atoms with van der Waals surface area (Å²) < 4.78 is 5.65. The van der Waals surface area contributed by atoms with Crippen LogP contribution in [0.1, 0.15) is 41.6 Å². The Labute approximate surface area is 122 Å². The monoisotopic (exact) mass is 287 g/mol. The number of nitrogens with zero attached hydrogens (tertiary/aromatic N) is 1. The van der Waals surface area contributed by atoms with E-state index in [1.165, 1.54) is 11.3 Å². The van der Waals surface area contributed by atoms with Crippen molar-refractivity contribution in [1.29, 1.82) is 0 Å². The Balaban J connectivity index is 1.91. The number of hydrogen-bond acceptors (Lipinski definition) is 4. The van der Waals surface area contributed by atoms with E-state index in [2.05, 4.69) is 11.9 Å². The lowest BCUT2D eigenvalue weighted by Gasteiger charge is -2.06. The molecule has 20 heavy (non-hydrogen) atoms. The van der Waals surface area contributed by atoms with Gasteiger partial charge in [0.15, 0.2) is 5.78 Å². The van der Waals surface area contributed by atoms with Gasteiger partial charge in [-0.2, -0.15) is 0 Å². The Morgan fingerprint density at radius 3 is 3.05 bits per heavy atom. The SMILES string of the molecule is CCCOc1cccc(-c2nc3c(s2)C(=O)CCC3)c1. The Kier molecular flexibility index (Phi) is 3.83. The second-order valence-electron chi connectivity index (χ2n) is 4.95. The van der Waals surface area contributed by atoms with Crippen LogP contribution < -0.4 is 4.74 Å². The summed E-state index contributed by atoms with van der Waals surface area (Å²) in [5, 5.41) is 0.923. The van der Waals surface area contributed by atoms with Crippen LogP contribution in [0.15, 0.2) is 24.3 Å². The molecule has 4 heteroatoms. The third-order valence-corrected chi connectivity index (χ3v) is 4.51. The first-order valence-corrected chi connectivity index (χ1v) is 7.85. The highest BCUT2D eigenvalue weighted by Gasteiger charge is 2.22. The maximum Gasteiger partial charge on any atom is 0.174 e. The summed E-state index contributed by atoms with van der Waals surface area (Å²) in [6.45, 7) is 2.81. The van der Waals surface area contributed by atoms with Crippen LogP contribution in [0, 0.1) is 0 Å². The highest BCUT2D eigenvalue weighted by Crippen LogP contribution is 2.33. The number of benzene rings is 1. The topological polar surface area (TPSA) is 39.2 Å². The van der Waals surface area contributed by atoms with E-state index in [1.807, 2.05) is 24.3 Å². The molecule has 0 unspecified atom stereocenters. The molecule has 1 aromatic heterocycles. The molecule has 0 saturated carbocycles. The van der Waals surface area contributed by atoms with Gasteiger partial charge in [-0.3, -0.25) is 4.79 Å². The zero-order valence-corrected chi connectivity index (χ0v) is 12.3. The first-order valence-electron chi connectivity index (χ1n) is 7.04. The zero-order chi connectivity index (χ0) is 13.9. The lowest BCUT2D eigenvalue weighted by Crippen LogP contribution is -2.07. The van der Waals surface area contributed by atoms with Crippen molar-refractivity contribution in [2.75, 3.05) is 6.61 Å². The summed E-state index contributed by atoms with van der Waals surface area (Å²) in [5.41, 5.74) is 2.01. The minimum atomic E-state index is 0.244. The molecule has 0 radical (unpaired) electrons. The largest absolute Gasteiger partial charge is 0.494 e. The molecular weight excluding hydrogens is 270 g/mol. The average molecular weight is 287 g/mol. The van der Waals surface area contributed by atoms with Crippen LogP contribution in [0.5, 0.6) is 5.75 Å². The molecular formula is C16H17NO2S. The van der Waals surface area contributed by atoms with Gasteiger partial charge in [0, 0.05) is 12.0 Å². The highest BCUT2D eigenvalue weighted by molar-refractivity contribution is 7.17. The number of ketones is 1. The number of hydrogen-bond donors (Lipinski definition) is 0. The quantitative estimate of drug-likeness (QED) is 0.849. The summed E-state index contributed by atoms with van der Waals surface area (Å²) in [7, 11) is 0. The molecule has 0 fully saturated rings. The fourth-order valence-corrected chi connectivity index (χ4v) is 3.41.